The van der Waals surface area contributed by atoms with Crippen LogP contribution in [0.15, 0.2) is 23.3 Å². The molecule has 0 saturated heterocycles. The SMILES string of the molecule is CC(C1=C[C@@H]2C(=CC(=O)O)CC2C1)C(C)(C)C. The van der Waals surface area contributed by atoms with Crippen LogP contribution in [0.1, 0.15) is 40.5 Å². The molecule has 0 radical (unpaired) electrons. The van der Waals surface area contributed by atoms with Crippen LogP contribution in [0.5, 0.6) is 0 Å². The lowest BCUT2D eigenvalue weighted by Crippen LogP contribution is -2.24. The number of rotatable bonds is 2. The normalized spacial score (nSPS) is 31.8. The summed E-state index contributed by atoms with van der Waals surface area (Å²) in [4.78, 5) is 10.7. The Balaban J connectivity index is 2.11. The highest BCUT2D eigenvalue weighted by Gasteiger charge is 2.41. The smallest absolute Gasteiger partial charge is 0.328 e. The third-order valence-corrected chi connectivity index (χ3v) is 4.49. The number of hydrogen-bond acceptors (Lipinski definition) is 1. The first-order valence-corrected chi connectivity index (χ1v) is 6.43. The molecule has 2 rings (SSSR count). The first kappa shape index (κ1) is 12.4. The molecule has 2 aliphatic rings. The number of allylic oxidation sites excluding steroid dienone is 3. The molecular weight excluding hydrogens is 212 g/mol. The van der Waals surface area contributed by atoms with Crippen LogP contribution in [0.2, 0.25) is 0 Å². The summed E-state index contributed by atoms with van der Waals surface area (Å²) < 4.78 is 0. The Hall–Kier alpha value is -1.05. The number of carboxylic acids is 1. The topological polar surface area (TPSA) is 37.3 Å². The number of carboxylic acid groups (broad SMARTS) is 1. The van der Waals surface area contributed by atoms with Gasteiger partial charge in [0.05, 0.1) is 0 Å². The van der Waals surface area contributed by atoms with E-state index in [-0.39, 0.29) is 0 Å². The fraction of sp³-hybridized carbons (Fsp3) is 0.667. The molecule has 0 spiro atoms. The van der Waals surface area contributed by atoms with Gasteiger partial charge in [-0.1, -0.05) is 44.9 Å². The van der Waals surface area contributed by atoms with Gasteiger partial charge in [0.2, 0.25) is 0 Å². The van der Waals surface area contributed by atoms with E-state index in [0.29, 0.717) is 23.2 Å². The average Bonchev–Trinajstić information content (AvgIpc) is 2.50. The molecule has 1 saturated carbocycles. The molecule has 0 aromatic rings. The summed E-state index contributed by atoms with van der Waals surface area (Å²) in [5.41, 5.74) is 2.94. The van der Waals surface area contributed by atoms with E-state index in [1.165, 1.54) is 18.1 Å². The molecule has 17 heavy (non-hydrogen) atoms. The maximum Gasteiger partial charge on any atom is 0.328 e. The van der Waals surface area contributed by atoms with Gasteiger partial charge in [-0.2, -0.15) is 0 Å². The van der Waals surface area contributed by atoms with Crippen LogP contribution in [-0.4, -0.2) is 11.1 Å². The Morgan fingerprint density at radius 2 is 2.12 bits per heavy atom. The van der Waals surface area contributed by atoms with E-state index in [1.54, 1.807) is 0 Å². The largest absolute Gasteiger partial charge is 0.478 e. The fourth-order valence-electron chi connectivity index (χ4n) is 2.94. The van der Waals surface area contributed by atoms with Gasteiger partial charge in [0.25, 0.3) is 0 Å². The first-order valence-electron chi connectivity index (χ1n) is 6.43. The monoisotopic (exact) mass is 234 g/mol. The zero-order chi connectivity index (χ0) is 12.8. The number of carbonyl (C=O) groups is 1. The van der Waals surface area contributed by atoms with Crippen LogP contribution >= 0.6 is 0 Å². The summed E-state index contributed by atoms with van der Waals surface area (Å²) in [5, 5.41) is 8.78. The van der Waals surface area contributed by atoms with Gasteiger partial charge < -0.3 is 5.11 Å². The van der Waals surface area contributed by atoms with Crippen molar-refractivity contribution in [3.05, 3.63) is 23.3 Å². The molecule has 3 atom stereocenters. The highest BCUT2D eigenvalue weighted by Crippen LogP contribution is 2.52. The Morgan fingerprint density at radius 1 is 1.47 bits per heavy atom. The molecule has 0 heterocycles. The van der Waals surface area contributed by atoms with Crippen molar-refractivity contribution >= 4 is 5.97 Å². The van der Waals surface area contributed by atoms with Crippen LogP contribution in [0.25, 0.3) is 0 Å². The van der Waals surface area contributed by atoms with E-state index < -0.39 is 5.97 Å². The Labute approximate surface area is 103 Å². The Morgan fingerprint density at radius 3 is 2.65 bits per heavy atom. The van der Waals surface area contributed by atoms with Crippen molar-refractivity contribution in [2.75, 3.05) is 0 Å². The first-order chi connectivity index (χ1) is 7.79. The average molecular weight is 234 g/mol. The summed E-state index contributed by atoms with van der Waals surface area (Å²) in [6.07, 6.45) is 5.88. The second-order valence-electron chi connectivity index (χ2n) is 6.58. The molecule has 94 valence electrons. The molecule has 0 aromatic carbocycles. The standard InChI is InChI=1S/C15H22O2/c1-9(15(2,3)4)10-5-11-6-12(8-14(16)17)13(11)7-10/h7-9,11,13H,5-6H2,1-4H3,(H,16,17)/t9?,11?,13-/m0/s1. The molecular formula is C15H22O2. The van der Waals surface area contributed by atoms with E-state index in [2.05, 4.69) is 33.8 Å². The van der Waals surface area contributed by atoms with Gasteiger partial charge in [-0.05, 0) is 30.1 Å². The maximum absolute atomic E-state index is 10.7. The van der Waals surface area contributed by atoms with Gasteiger partial charge >= 0.3 is 5.97 Å². The Kier molecular flexibility index (Phi) is 2.92. The highest BCUT2D eigenvalue weighted by molar-refractivity contribution is 5.81. The van der Waals surface area contributed by atoms with E-state index in [4.69, 9.17) is 5.11 Å². The van der Waals surface area contributed by atoms with Crippen molar-refractivity contribution in [1.82, 2.24) is 0 Å². The minimum atomic E-state index is -0.802. The van der Waals surface area contributed by atoms with Gasteiger partial charge in [0, 0.05) is 12.0 Å². The molecule has 2 unspecified atom stereocenters. The van der Waals surface area contributed by atoms with Crippen molar-refractivity contribution < 1.29 is 9.90 Å². The van der Waals surface area contributed by atoms with Gasteiger partial charge in [-0.25, -0.2) is 4.79 Å². The third-order valence-electron chi connectivity index (χ3n) is 4.49. The number of hydrogen-bond donors (Lipinski definition) is 1. The van der Waals surface area contributed by atoms with E-state index in [1.807, 2.05) is 0 Å². The molecule has 2 heteroatoms. The summed E-state index contributed by atoms with van der Waals surface area (Å²) in [6, 6.07) is 0. The highest BCUT2D eigenvalue weighted by atomic mass is 16.4. The summed E-state index contributed by atoms with van der Waals surface area (Å²) >= 11 is 0. The quantitative estimate of drug-likeness (QED) is 0.585. The molecule has 0 aliphatic heterocycles. The number of aliphatic carboxylic acids is 1. The van der Waals surface area contributed by atoms with Crippen molar-refractivity contribution in [2.24, 2.45) is 23.2 Å². The van der Waals surface area contributed by atoms with Gasteiger partial charge in [-0.3, -0.25) is 0 Å². The molecule has 1 N–H and O–H groups in total. The van der Waals surface area contributed by atoms with Crippen LogP contribution < -0.4 is 0 Å². The zero-order valence-corrected chi connectivity index (χ0v) is 11.2. The van der Waals surface area contributed by atoms with Crippen LogP contribution in [0.4, 0.5) is 0 Å². The van der Waals surface area contributed by atoms with E-state index >= 15 is 0 Å². The molecule has 0 aromatic heterocycles. The zero-order valence-electron chi connectivity index (χ0n) is 11.2. The molecule has 2 nitrogen and oxygen atoms in total. The van der Waals surface area contributed by atoms with E-state index in [9.17, 15) is 4.79 Å². The fourth-order valence-corrected chi connectivity index (χ4v) is 2.94. The second-order valence-corrected chi connectivity index (χ2v) is 6.58. The maximum atomic E-state index is 10.7. The minimum absolute atomic E-state index is 0.298. The lowest BCUT2D eigenvalue weighted by atomic mass is 9.70. The molecule has 0 amide bonds. The van der Waals surface area contributed by atoms with Crippen molar-refractivity contribution in [3.8, 4) is 0 Å². The van der Waals surface area contributed by atoms with Crippen LogP contribution in [0, 0.1) is 23.2 Å². The number of fused-ring (bicyclic) bond motifs is 1. The molecule has 2 aliphatic carbocycles. The lowest BCUT2D eigenvalue weighted by molar-refractivity contribution is -0.131. The summed E-state index contributed by atoms with van der Waals surface area (Å²) in [7, 11) is 0. The van der Waals surface area contributed by atoms with Gasteiger partial charge in [0.15, 0.2) is 0 Å². The molecule has 0 bridgehead atoms. The summed E-state index contributed by atoms with van der Waals surface area (Å²) in [6.45, 7) is 9.10. The predicted molar refractivity (Wildman–Crippen MR) is 68.6 cm³/mol. The lowest BCUT2D eigenvalue weighted by Gasteiger charge is -2.33. The van der Waals surface area contributed by atoms with Gasteiger partial charge in [0.1, 0.15) is 0 Å². The summed E-state index contributed by atoms with van der Waals surface area (Å²) in [5.74, 6) is 0.884. The van der Waals surface area contributed by atoms with Crippen molar-refractivity contribution in [2.45, 2.75) is 40.5 Å². The minimum Gasteiger partial charge on any atom is -0.478 e. The Bertz CT molecular complexity index is 396. The van der Waals surface area contributed by atoms with Crippen molar-refractivity contribution in [1.29, 1.82) is 0 Å². The third kappa shape index (κ3) is 2.31. The van der Waals surface area contributed by atoms with Crippen LogP contribution in [-0.2, 0) is 4.79 Å². The predicted octanol–water partition coefficient (Wildman–Crippen LogP) is 3.65. The van der Waals surface area contributed by atoms with Crippen molar-refractivity contribution in [3.63, 3.8) is 0 Å². The molecule has 1 fully saturated rings. The van der Waals surface area contributed by atoms with E-state index in [0.717, 1.165) is 12.0 Å². The van der Waals surface area contributed by atoms with Gasteiger partial charge in [-0.15, -0.1) is 0 Å². The van der Waals surface area contributed by atoms with Crippen LogP contribution in [0.3, 0.4) is 0 Å². The second kappa shape index (κ2) is 4.01.